The van der Waals surface area contributed by atoms with E-state index in [1.807, 2.05) is 32.9 Å². The van der Waals surface area contributed by atoms with Crippen LogP contribution in [0.3, 0.4) is 0 Å². The van der Waals surface area contributed by atoms with Crippen LogP contribution < -0.4 is 16.4 Å². The van der Waals surface area contributed by atoms with E-state index in [4.69, 9.17) is 4.99 Å². The van der Waals surface area contributed by atoms with Crippen molar-refractivity contribution in [2.75, 3.05) is 20.6 Å². The van der Waals surface area contributed by atoms with E-state index >= 15 is 0 Å². The highest BCUT2D eigenvalue weighted by atomic mass is 15.1. The zero-order valence-electron chi connectivity index (χ0n) is 21.9. The molecule has 4 N–H and O–H groups in total. The third-order valence-corrected chi connectivity index (χ3v) is 5.90. The monoisotopic (exact) mass is 472 g/mol. The van der Waals surface area contributed by atoms with Crippen LogP contribution in [0.25, 0.3) is 0 Å². The van der Waals surface area contributed by atoms with Crippen molar-refractivity contribution in [1.82, 2.24) is 10.6 Å². The second-order valence-corrected chi connectivity index (χ2v) is 8.69. The summed E-state index contributed by atoms with van der Waals surface area (Å²) in [6.45, 7) is 19.0. The van der Waals surface area contributed by atoms with Crippen LogP contribution >= 0.6 is 0 Å². The molecule has 1 aromatic carbocycles. The molecule has 0 bridgehead atoms. The normalized spacial score (nSPS) is 18.3. The summed E-state index contributed by atoms with van der Waals surface area (Å²) in [4.78, 5) is 13.4. The third kappa shape index (κ3) is 7.76. The van der Waals surface area contributed by atoms with Crippen LogP contribution in [0.5, 0.6) is 0 Å². The molecular formula is C29H40N6. The van der Waals surface area contributed by atoms with Gasteiger partial charge in [-0.05, 0) is 82.0 Å². The van der Waals surface area contributed by atoms with Gasteiger partial charge < -0.3 is 16.4 Å². The van der Waals surface area contributed by atoms with Gasteiger partial charge in [0.2, 0.25) is 0 Å². The number of aliphatic imine (C=N–C) groups is 3. The van der Waals surface area contributed by atoms with Gasteiger partial charge in [0.1, 0.15) is 5.84 Å². The second-order valence-electron chi connectivity index (χ2n) is 8.69. The Kier molecular flexibility index (Phi) is 10.6. The lowest BCUT2D eigenvalue weighted by molar-refractivity contribution is 0.507. The number of nitrogens with one attached hydrogen (secondary N) is 2. The molecule has 6 nitrogen and oxygen atoms in total. The quantitative estimate of drug-likeness (QED) is 0.360. The molecular weight excluding hydrogens is 432 g/mol. The summed E-state index contributed by atoms with van der Waals surface area (Å²) < 4.78 is 0. The third-order valence-electron chi connectivity index (χ3n) is 5.90. The van der Waals surface area contributed by atoms with Gasteiger partial charge in [0.25, 0.3) is 0 Å². The Hall–Kier alpha value is -3.51. The predicted molar refractivity (Wildman–Crippen MR) is 152 cm³/mol. The molecule has 0 aromatic heterocycles. The van der Waals surface area contributed by atoms with E-state index in [1.165, 1.54) is 18.2 Å². The van der Waals surface area contributed by atoms with Crippen molar-refractivity contribution < 1.29 is 0 Å². The van der Waals surface area contributed by atoms with Gasteiger partial charge in [-0.2, -0.15) is 0 Å². The molecule has 1 aromatic rings. The van der Waals surface area contributed by atoms with Gasteiger partial charge in [-0.3, -0.25) is 15.0 Å². The second kappa shape index (κ2) is 13.4. The fourth-order valence-electron chi connectivity index (χ4n) is 3.91. The molecule has 0 spiro atoms. The van der Waals surface area contributed by atoms with Crippen molar-refractivity contribution in [3.63, 3.8) is 0 Å². The van der Waals surface area contributed by atoms with E-state index < -0.39 is 0 Å². The number of aryl methyl sites for hydroxylation is 1. The molecule has 35 heavy (non-hydrogen) atoms. The van der Waals surface area contributed by atoms with Gasteiger partial charge in [0.15, 0.2) is 0 Å². The van der Waals surface area contributed by atoms with Gasteiger partial charge >= 0.3 is 0 Å². The van der Waals surface area contributed by atoms with Gasteiger partial charge in [0.05, 0.1) is 24.0 Å². The van der Waals surface area contributed by atoms with Gasteiger partial charge in [-0.1, -0.05) is 37.4 Å². The van der Waals surface area contributed by atoms with Crippen LogP contribution in [-0.2, 0) is 6.42 Å². The van der Waals surface area contributed by atoms with E-state index in [9.17, 15) is 0 Å². The minimum Gasteiger partial charge on any atom is -0.377 e. The van der Waals surface area contributed by atoms with Crippen LogP contribution in [0.4, 0.5) is 0 Å². The number of amidine groups is 1. The molecule has 0 fully saturated rings. The Bertz CT molecular complexity index is 1110. The van der Waals surface area contributed by atoms with Crippen molar-refractivity contribution in [3.8, 4) is 0 Å². The zero-order chi connectivity index (χ0) is 26.0. The Balaban J connectivity index is 0.00000210. The first-order valence-corrected chi connectivity index (χ1v) is 12.0. The first-order valence-electron chi connectivity index (χ1n) is 12.0. The lowest BCUT2D eigenvalue weighted by Crippen LogP contribution is -2.28. The average molecular weight is 473 g/mol. The zero-order valence-corrected chi connectivity index (χ0v) is 21.9. The number of hydrogen-bond donors (Lipinski definition) is 3. The van der Waals surface area contributed by atoms with Gasteiger partial charge in [-0.15, -0.1) is 0 Å². The number of nitrogens with two attached hydrogens (primary N) is 1. The van der Waals surface area contributed by atoms with E-state index in [2.05, 4.69) is 64.3 Å². The Morgan fingerprint density at radius 3 is 2.60 bits per heavy atom. The van der Waals surface area contributed by atoms with Gasteiger partial charge in [-0.25, -0.2) is 0 Å². The summed E-state index contributed by atoms with van der Waals surface area (Å²) in [5.74, 6) is 0.912. The number of benzene rings is 1. The first-order chi connectivity index (χ1) is 16.8. The maximum atomic E-state index is 4.81. The van der Waals surface area contributed by atoms with Crippen LogP contribution in [-0.4, -0.2) is 38.4 Å². The maximum absolute atomic E-state index is 4.81. The molecule has 0 amide bonds. The van der Waals surface area contributed by atoms with Crippen LogP contribution in [0.1, 0.15) is 56.3 Å². The van der Waals surface area contributed by atoms with E-state index in [0.29, 0.717) is 6.54 Å². The molecule has 0 saturated carbocycles. The van der Waals surface area contributed by atoms with E-state index in [1.54, 1.807) is 13.3 Å². The van der Waals surface area contributed by atoms with E-state index in [-0.39, 0.29) is 6.04 Å². The highest BCUT2D eigenvalue weighted by Crippen LogP contribution is 2.31. The lowest BCUT2D eigenvalue weighted by atomic mass is 9.86. The average Bonchev–Trinajstić information content (AvgIpc) is 3.29. The molecule has 0 radical (unpaired) electrons. The summed E-state index contributed by atoms with van der Waals surface area (Å²) >= 11 is 0. The largest absolute Gasteiger partial charge is 0.377 e. The molecule has 0 unspecified atom stereocenters. The molecule has 2 aliphatic rings. The molecule has 1 atom stereocenters. The number of rotatable bonds is 8. The number of allylic oxidation sites excluding steroid dienone is 5. The van der Waals surface area contributed by atoms with E-state index in [0.717, 1.165) is 64.6 Å². The van der Waals surface area contributed by atoms with Gasteiger partial charge in [0, 0.05) is 30.2 Å². The van der Waals surface area contributed by atoms with Crippen LogP contribution in [0.15, 0.2) is 93.3 Å². The standard InChI is InChI=1S/C28H35N5.CH5N/c1-18(2)19(3)15-27(31-20(4)13-14-29-7)22(6)33-26-10-8-9-23-16-24(11-12-25(23)26)28-30-17-21(5)32-28;1-2/h11-16,26,33H,1,5-6,8-10,17H2,2-4,7H3,(H,30,32);2H2,1H3/b19-15+,20-13+,29-14?,31-27-;/t26-;/m0./s1. The van der Waals surface area contributed by atoms with Crippen LogP contribution in [0, 0.1) is 0 Å². The molecule has 1 aliphatic carbocycles. The summed E-state index contributed by atoms with van der Waals surface area (Å²) in [5.41, 5.74) is 13.8. The minimum atomic E-state index is 0.189. The summed E-state index contributed by atoms with van der Waals surface area (Å²) in [6, 6.07) is 6.81. The fourth-order valence-corrected chi connectivity index (χ4v) is 3.91. The topological polar surface area (TPSA) is 87.2 Å². The first kappa shape index (κ1) is 27.7. The number of nitrogens with zero attached hydrogens (tertiary/aromatic N) is 3. The SMILES string of the molecule is C=C1CN=C(c2ccc3c(c2)CCC[C@@H]3NC(=C)C(/C=C(\C)C(=C)C)=N\C(C)=C\C=NC)N1.CN. The highest BCUT2D eigenvalue weighted by Gasteiger charge is 2.23. The Morgan fingerprint density at radius 2 is 1.97 bits per heavy atom. The lowest BCUT2D eigenvalue weighted by Gasteiger charge is -2.28. The summed E-state index contributed by atoms with van der Waals surface area (Å²) in [5, 5.41) is 6.93. The Morgan fingerprint density at radius 1 is 1.23 bits per heavy atom. The molecule has 0 saturated heterocycles. The summed E-state index contributed by atoms with van der Waals surface area (Å²) in [6.07, 6.45) is 8.92. The smallest absolute Gasteiger partial charge is 0.132 e. The molecule has 6 heteroatoms. The highest BCUT2D eigenvalue weighted by molar-refractivity contribution is 6.09. The minimum absolute atomic E-state index is 0.189. The van der Waals surface area contributed by atoms with Crippen molar-refractivity contribution in [2.24, 2.45) is 20.7 Å². The molecule has 186 valence electrons. The van der Waals surface area contributed by atoms with Crippen molar-refractivity contribution in [1.29, 1.82) is 0 Å². The molecule has 1 aliphatic heterocycles. The van der Waals surface area contributed by atoms with Crippen molar-refractivity contribution in [3.05, 3.63) is 95.0 Å². The van der Waals surface area contributed by atoms with Crippen molar-refractivity contribution in [2.45, 2.75) is 46.1 Å². The molecule has 3 rings (SSSR count). The van der Waals surface area contributed by atoms with Crippen molar-refractivity contribution >= 4 is 17.8 Å². The predicted octanol–water partition coefficient (Wildman–Crippen LogP) is 5.17. The fraction of sp³-hybridized carbons (Fsp3) is 0.345. The molecule has 1 heterocycles. The van der Waals surface area contributed by atoms with Crippen LogP contribution in [0.2, 0.25) is 0 Å². The maximum Gasteiger partial charge on any atom is 0.132 e. The Labute approximate surface area is 210 Å². The number of hydrogen-bond acceptors (Lipinski definition) is 6. The number of fused-ring (bicyclic) bond motifs is 1. The summed E-state index contributed by atoms with van der Waals surface area (Å²) in [7, 11) is 3.25.